The first kappa shape index (κ1) is 19.9. The molecule has 0 radical (unpaired) electrons. The summed E-state index contributed by atoms with van der Waals surface area (Å²) in [6.07, 6.45) is 1.38. The van der Waals surface area contributed by atoms with Crippen molar-refractivity contribution in [1.82, 2.24) is 9.88 Å². The van der Waals surface area contributed by atoms with E-state index < -0.39 is 24.0 Å². The van der Waals surface area contributed by atoms with Gasteiger partial charge in [0.2, 0.25) is 5.91 Å². The molecule has 1 aromatic carbocycles. The predicted octanol–water partition coefficient (Wildman–Crippen LogP) is 1.25. The molecule has 0 saturated heterocycles. The third-order valence-electron chi connectivity index (χ3n) is 3.92. The summed E-state index contributed by atoms with van der Waals surface area (Å²) >= 11 is 0. The van der Waals surface area contributed by atoms with Gasteiger partial charge in [0.1, 0.15) is 5.56 Å². The van der Waals surface area contributed by atoms with Crippen LogP contribution in [0.25, 0.3) is 0 Å². The molecule has 0 aliphatic heterocycles. The number of rotatable bonds is 6. The molecule has 0 fully saturated rings. The molecule has 142 valence electrons. The van der Waals surface area contributed by atoms with E-state index in [0.717, 1.165) is 16.0 Å². The first-order valence-corrected chi connectivity index (χ1v) is 8.24. The van der Waals surface area contributed by atoms with Gasteiger partial charge in [0.05, 0.1) is 6.54 Å². The van der Waals surface area contributed by atoms with Crippen molar-refractivity contribution in [1.29, 1.82) is 0 Å². The molecule has 2 rings (SSSR count). The molecule has 0 spiro atoms. The fourth-order valence-electron chi connectivity index (χ4n) is 2.39. The zero-order valence-corrected chi connectivity index (χ0v) is 15.4. The minimum absolute atomic E-state index is 0.194. The Balaban J connectivity index is 1.88. The van der Waals surface area contributed by atoms with E-state index in [4.69, 9.17) is 4.74 Å². The zero-order valence-electron chi connectivity index (χ0n) is 15.4. The average Bonchev–Trinajstić information content (AvgIpc) is 2.63. The van der Waals surface area contributed by atoms with Crippen LogP contribution in [0.3, 0.4) is 0 Å². The summed E-state index contributed by atoms with van der Waals surface area (Å²) < 4.78 is 4.85. The SMILES string of the molecule is Cc1cccc(C)c1NC(=O)CN(C)C(=O)COC(=O)c1ccc[nH]c1=O. The van der Waals surface area contributed by atoms with E-state index in [0.29, 0.717) is 5.69 Å². The van der Waals surface area contributed by atoms with Gasteiger partial charge in [-0.25, -0.2) is 4.79 Å². The maximum absolute atomic E-state index is 12.2. The normalized spacial score (nSPS) is 10.2. The first-order chi connectivity index (χ1) is 12.8. The Labute approximate surface area is 156 Å². The van der Waals surface area contributed by atoms with Crippen LogP contribution in [0.4, 0.5) is 5.69 Å². The number of amides is 2. The van der Waals surface area contributed by atoms with Crippen molar-refractivity contribution in [3.8, 4) is 0 Å². The molecule has 1 heterocycles. The molecule has 8 heteroatoms. The zero-order chi connectivity index (χ0) is 20.0. The van der Waals surface area contributed by atoms with Gasteiger partial charge < -0.3 is 19.9 Å². The van der Waals surface area contributed by atoms with Gasteiger partial charge >= 0.3 is 5.97 Å². The minimum Gasteiger partial charge on any atom is -0.452 e. The number of esters is 1. The summed E-state index contributed by atoms with van der Waals surface area (Å²) in [6, 6.07) is 8.42. The smallest absolute Gasteiger partial charge is 0.344 e. The molecule has 0 bridgehead atoms. The Morgan fingerprint density at radius 2 is 1.78 bits per heavy atom. The van der Waals surface area contributed by atoms with E-state index in [9.17, 15) is 19.2 Å². The topological polar surface area (TPSA) is 109 Å². The number of likely N-dealkylation sites (N-methyl/N-ethyl adjacent to an activating group) is 1. The molecule has 2 aromatic rings. The Morgan fingerprint density at radius 3 is 2.41 bits per heavy atom. The van der Waals surface area contributed by atoms with Crippen molar-refractivity contribution in [2.75, 3.05) is 25.5 Å². The fraction of sp³-hybridized carbons (Fsp3) is 0.263. The number of aromatic nitrogens is 1. The average molecular weight is 371 g/mol. The van der Waals surface area contributed by atoms with Crippen molar-refractivity contribution in [2.45, 2.75) is 13.8 Å². The number of aromatic amines is 1. The molecule has 0 atom stereocenters. The summed E-state index contributed by atoms with van der Waals surface area (Å²) in [6.45, 7) is 2.99. The summed E-state index contributed by atoms with van der Waals surface area (Å²) in [5.74, 6) is -1.83. The highest BCUT2D eigenvalue weighted by Gasteiger charge is 2.18. The summed E-state index contributed by atoms with van der Waals surface area (Å²) in [5, 5.41) is 2.78. The van der Waals surface area contributed by atoms with E-state index in [1.165, 1.54) is 25.4 Å². The number of anilines is 1. The van der Waals surface area contributed by atoms with Gasteiger partial charge in [-0.05, 0) is 37.1 Å². The molecule has 0 aliphatic carbocycles. The second kappa shape index (κ2) is 8.79. The lowest BCUT2D eigenvalue weighted by Gasteiger charge is -2.18. The Kier molecular flexibility index (Phi) is 6.48. The summed E-state index contributed by atoms with van der Waals surface area (Å²) in [7, 11) is 1.43. The molecule has 0 unspecified atom stereocenters. The maximum atomic E-state index is 12.2. The number of benzene rings is 1. The van der Waals surface area contributed by atoms with Crippen molar-refractivity contribution in [3.63, 3.8) is 0 Å². The molecule has 0 saturated carbocycles. The second-order valence-electron chi connectivity index (χ2n) is 6.05. The number of H-pyrrole nitrogens is 1. The Bertz CT molecular complexity index is 899. The van der Waals surface area contributed by atoms with Crippen LogP contribution in [0.15, 0.2) is 41.3 Å². The van der Waals surface area contributed by atoms with Gasteiger partial charge in [0, 0.05) is 18.9 Å². The van der Waals surface area contributed by atoms with Gasteiger partial charge in [-0.3, -0.25) is 14.4 Å². The van der Waals surface area contributed by atoms with Crippen LogP contribution in [0.2, 0.25) is 0 Å². The number of nitrogens with one attached hydrogen (secondary N) is 2. The number of carbonyl (C=O) groups excluding carboxylic acids is 3. The number of para-hydroxylation sites is 1. The first-order valence-electron chi connectivity index (χ1n) is 8.24. The van der Waals surface area contributed by atoms with Crippen LogP contribution >= 0.6 is 0 Å². The van der Waals surface area contributed by atoms with Gasteiger partial charge in [-0.1, -0.05) is 18.2 Å². The maximum Gasteiger partial charge on any atom is 0.344 e. The molecule has 8 nitrogen and oxygen atoms in total. The van der Waals surface area contributed by atoms with Crippen LogP contribution in [-0.4, -0.2) is 47.9 Å². The number of hydrogen-bond acceptors (Lipinski definition) is 5. The van der Waals surface area contributed by atoms with E-state index in [1.54, 1.807) is 0 Å². The molecule has 0 aliphatic rings. The van der Waals surface area contributed by atoms with Crippen molar-refractivity contribution in [3.05, 3.63) is 63.6 Å². The van der Waals surface area contributed by atoms with E-state index >= 15 is 0 Å². The Hall–Kier alpha value is -3.42. The second-order valence-corrected chi connectivity index (χ2v) is 6.05. The lowest BCUT2D eigenvalue weighted by molar-refractivity contribution is -0.136. The summed E-state index contributed by atoms with van der Waals surface area (Å²) in [4.78, 5) is 51.1. The number of ether oxygens (including phenoxy) is 1. The van der Waals surface area contributed by atoms with Crippen LogP contribution in [-0.2, 0) is 14.3 Å². The highest BCUT2D eigenvalue weighted by molar-refractivity contribution is 5.96. The lowest BCUT2D eigenvalue weighted by Crippen LogP contribution is -2.37. The molecular formula is C19H21N3O5. The predicted molar refractivity (Wildman–Crippen MR) is 99.5 cm³/mol. The molecule has 2 N–H and O–H groups in total. The van der Waals surface area contributed by atoms with Crippen molar-refractivity contribution < 1.29 is 19.1 Å². The number of carbonyl (C=O) groups is 3. The van der Waals surface area contributed by atoms with Crippen LogP contribution in [0, 0.1) is 13.8 Å². The highest BCUT2D eigenvalue weighted by atomic mass is 16.5. The van der Waals surface area contributed by atoms with Gasteiger partial charge in [-0.2, -0.15) is 0 Å². The van der Waals surface area contributed by atoms with Gasteiger partial charge in [0.25, 0.3) is 11.5 Å². The largest absolute Gasteiger partial charge is 0.452 e. The van der Waals surface area contributed by atoms with E-state index in [2.05, 4.69) is 10.3 Å². The monoisotopic (exact) mass is 371 g/mol. The van der Waals surface area contributed by atoms with Crippen molar-refractivity contribution >= 4 is 23.5 Å². The van der Waals surface area contributed by atoms with E-state index in [1.807, 2.05) is 32.0 Å². The molecular weight excluding hydrogens is 350 g/mol. The third kappa shape index (κ3) is 5.27. The lowest BCUT2D eigenvalue weighted by atomic mass is 10.1. The number of pyridine rings is 1. The van der Waals surface area contributed by atoms with Crippen LogP contribution in [0.5, 0.6) is 0 Å². The number of aryl methyl sites for hydroxylation is 2. The molecule has 27 heavy (non-hydrogen) atoms. The molecule has 1 aromatic heterocycles. The quantitative estimate of drug-likeness (QED) is 0.743. The third-order valence-corrected chi connectivity index (χ3v) is 3.92. The highest BCUT2D eigenvalue weighted by Crippen LogP contribution is 2.19. The van der Waals surface area contributed by atoms with E-state index in [-0.39, 0.29) is 18.0 Å². The summed E-state index contributed by atoms with van der Waals surface area (Å²) in [5.41, 5.74) is 1.74. The van der Waals surface area contributed by atoms with Crippen molar-refractivity contribution in [2.24, 2.45) is 0 Å². The Morgan fingerprint density at radius 1 is 1.11 bits per heavy atom. The van der Waals surface area contributed by atoms with Crippen LogP contribution in [0.1, 0.15) is 21.5 Å². The van der Waals surface area contributed by atoms with Gasteiger partial charge in [0.15, 0.2) is 6.61 Å². The van der Waals surface area contributed by atoms with Gasteiger partial charge in [-0.15, -0.1) is 0 Å². The number of hydrogen-bond donors (Lipinski definition) is 2. The minimum atomic E-state index is -0.904. The fourth-order valence-corrected chi connectivity index (χ4v) is 2.39. The standard InChI is InChI=1S/C19H21N3O5/c1-12-6-4-7-13(2)17(12)21-15(23)10-22(3)16(24)11-27-19(26)14-8-5-9-20-18(14)25/h4-9H,10-11H2,1-3H3,(H,20,25)(H,21,23). The van der Waals surface area contributed by atoms with Crippen LogP contribution < -0.4 is 10.9 Å². The molecule has 2 amide bonds. The number of nitrogens with zero attached hydrogens (tertiary/aromatic N) is 1.